The molecule has 0 aliphatic carbocycles. The molecule has 100 valence electrons. The fourth-order valence-electron chi connectivity index (χ4n) is 1.95. The number of anilines is 1. The maximum absolute atomic E-state index is 10.8. The van der Waals surface area contributed by atoms with Crippen molar-refractivity contribution in [2.24, 2.45) is 0 Å². The van der Waals surface area contributed by atoms with Crippen LogP contribution in [0.4, 0.5) is 5.69 Å². The first kappa shape index (κ1) is 13.7. The zero-order valence-electron chi connectivity index (χ0n) is 11.1. The third-order valence-electron chi connectivity index (χ3n) is 2.98. The standard InChI is InChI=1S/C17H15NO2/c1-3-16(14-6-4-5-12(2)11-14)18-15-9-7-13(8-10-15)17(19)20/h1,4-11,16,18H,2H3,(H,19,20). The summed E-state index contributed by atoms with van der Waals surface area (Å²) in [6.07, 6.45) is 5.57. The molecule has 3 nitrogen and oxygen atoms in total. The number of carboxylic acids is 1. The summed E-state index contributed by atoms with van der Waals surface area (Å²) >= 11 is 0. The van der Waals surface area contributed by atoms with Crippen LogP contribution >= 0.6 is 0 Å². The number of hydrogen-bond acceptors (Lipinski definition) is 2. The van der Waals surface area contributed by atoms with Gasteiger partial charge in [0.2, 0.25) is 0 Å². The number of benzene rings is 2. The highest BCUT2D eigenvalue weighted by molar-refractivity contribution is 5.88. The van der Waals surface area contributed by atoms with Crippen LogP contribution in [0, 0.1) is 19.3 Å². The second kappa shape index (κ2) is 5.94. The molecule has 2 aromatic rings. The van der Waals surface area contributed by atoms with E-state index in [0.717, 1.165) is 16.8 Å². The lowest BCUT2D eigenvalue weighted by Crippen LogP contribution is -2.08. The van der Waals surface area contributed by atoms with Gasteiger partial charge in [0.1, 0.15) is 6.04 Å². The first-order valence-corrected chi connectivity index (χ1v) is 6.23. The lowest BCUT2D eigenvalue weighted by molar-refractivity contribution is 0.0697. The fourth-order valence-corrected chi connectivity index (χ4v) is 1.95. The lowest BCUT2D eigenvalue weighted by atomic mass is 10.0. The van der Waals surface area contributed by atoms with Crippen molar-refractivity contribution in [2.75, 3.05) is 5.32 Å². The molecule has 0 aliphatic rings. The Morgan fingerprint density at radius 3 is 2.50 bits per heavy atom. The average molecular weight is 265 g/mol. The van der Waals surface area contributed by atoms with Crippen LogP contribution in [-0.4, -0.2) is 11.1 Å². The molecule has 0 fully saturated rings. The van der Waals surface area contributed by atoms with Gasteiger partial charge in [-0.05, 0) is 36.8 Å². The molecule has 2 N–H and O–H groups in total. The Kier molecular flexibility index (Phi) is 4.07. The minimum atomic E-state index is -0.941. The number of aryl methyl sites for hydroxylation is 1. The van der Waals surface area contributed by atoms with Crippen LogP contribution in [0.15, 0.2) is 48.5 Å². The summed E-state index contributed by atoms with van der Waals surface area (Å²) in [5.41, 5.74) is 3.20. The molecule has 20 heavy (non-hydrogen) atoms. The maximum atomic E-state index is 10.8. The number of terminal acetylenes is 1. The van der Waals surface area contributed by atoms with E-state index in [1.54, 1.807) is 24.3 Å². The van der Waals surface area contributed by atoms with Gasteiger partial charge in [0, 0.05) is 5.69 Å². The van der Waals surface area contributed by atoms with E-state index >= 15 is 0 Å². The monoisotopic (exact) mass is 265 g/mol. The zero-order chi connectivity index (χ0) is 14.5. The number of aromatic carboxylic acids is 1. The van der Waals surface area contributed by atoms with Gasteiger partial charge in [0.05, 0.1) is 5.56 Å². The van der Waals surface area contributed by atoms with E-state index in [-0.39, 0.29) is 11.6 Å². The average Bonchev–Trinajstić information content (AvgIpc) is 2.45. The van der Waals surface area contributed by atoms with Gasteiger partial charge in [-0.2, -0.15) is 0 Å². The van der Waals surface area contributed by atoms with Crippen molar-refractivity contribution in [3.63, 3.8) is 0 Å². The maximum Gasteiger partial charge on any atom is 0.335 e. The van der Waals surface area contributed by atoms with Crippen molar-refractivity contribution in [1.29, 1.82) is 0 Å². The third-order valence-corrected chi connectivity index (χ3v) is 2.98. The summed E-state index contributed by atoms with van der Waals surface area (Å²) in [5.74, 6) is 1.76. The number of carboxylic acid groups (broad SMARTS) is 1. The highest BCUT2D eigenvalue weighted by atomic mass is 16.4. The summed E-state index contributed by atoms with van der Waals surface area (Å²) in [7, 11) is 0. The van der Waals surface area contributed by atoms with E-state index in [4.69, 9.17) is 11.5 Å². The van der Waals surface area contributed by atoms with Crippen LogP contribution in [0.25, 0.3) is 0 Å². The predicted octanol–water partition coefficient (Wildman–Crippen LogP) is 3.48. The van der Waals surface area contributed by atoms with Crippen molar-refractivity contribution in [1.82, 2.24) is 0 Å². The molecule has 0 aliphatic heterocycles. The minimum absolute atomic E-state index is 0.245. The summed E-state index contributed by atoms with van der Waals surface area (Å²) in [6, 6.07) is 14.3. The second-order valence-corrected chi connectivity index (χ2v) is 4.54. The Hall–Kier alpha value is -2.73. The molecule has 3 heteroatoms. The van der Waals surface area contributed by atoms with Gasteiger partial charge in [0.15, 0.2) is 0 Å². The van der Waals surface area contributed by atoms with Gasteiger partial charge >= 0.3 is 5.97 Å². The van der Waals surface area contributed by atoms with Gasteiger partial charge in [-0.15, -0.1) is 6.42 Å². The Morgan fingerprint density at radius 1 is 1.25 bits per heavy atom. The van der Waals surface area contributed by atoms with E-state index in [0.29, 0.717) is 0 Å². The summed E-state index contributed by atoms with van der Waals surface area (Å²) in [6.45, 7) is 2.01. The third kappa shape index (κ3) is 3.18. The van der Waals surface area contributed by atoms with Crippen LogP contribution in [0.5, 0.6) is 0 Å². The molecule has 1 atom stereocenters. The van der Waals surface area contributed by atoms with Gasteiger partial charge in [-0.3, -0.25) is 0 Å². The van der Waals surface area contributed by atoms with Crippen molar-refractivity contribution < 1.29 is 9.90 Å². The highest BCUT2D eigenvalue weighted by Crippen LogP contribution is 2.20. The predicted molar refractivity (Wildman–Crippen MR) is 79.8 cm³/mol. The van der Waals surface area contributed by atoms with Gasteiger partial charge in [-0.25, -0.2) is 4.79 Å². The normalized spacial score (nSPS) is 11.4. The minimum Gasteiger partial charge on any atom is -0.478 e. The summed E-state index contributed by atoms with van der Waals surface area (Å²) < 4.78 is 0. The summed E-state index contributed by atoms with van der Waals surface area (Å²) in [5, 5.41) is 12.1. The molecule has 2 rings (SSSR count). The van der Waals surface area contributed by atoms with Crippen LogP contribution in [0.1, 0.15) is 27.5 Å². The van der Waals surface area contributed by atoms with Crippen molar-refractivity contribution in [3.05, 3.63) is 65.2 Å². The van der Waals surface area contributed by atoms with Gasteiger partial charge < -0.3 is 10.4 Å². The highest BCUT2D eigenvalue weighted by Gasteiger charge is 2.09. The number of nitrogens with one attached hydrogen (secondary N) is 1. The molecule has 0 heterocycles. The Bertz CT molecular complexity index is 653. The molecule has 0 amide bonds. The van der Waals surface area contributed by atoms with E-state index in [1.165, 1.54) is 0 Å². The lowest BCUT2D eigenvalue weighted by Gasteiger charge is -2.15. The van der Waals surface area contributed by atoms with Gasteiger partial charge in [0.25, 0.3) is 0 Å². The quantitative estimate of drug-likeness (QED) is 0.832. The topological polar surface area (TPSA) is 49.3 Å². The smallest absolute Gasteiger partial charge is 0.335 e. The largest absolute Gasteiger partial charge is 0.478 e. The molecule has 0 spiro atoms. The molecule has 2 aromatic carbocycles. The Morgan fingerprint density at radius 2 is 1.95 bits per heavy atom. The van der Waals surface area contributed by atoms with Crippen molar-refractivity contribution >= 4 is 11.7 Å². The molecule has 0 saturated carbocycles. The van der Waals surface area contributed by atoms with Crippen LogP contribution < -0.4 is 5.32 Å². The Balaban J connectivity index is 2.18. The number of hydrogen-bond donors (Lipinski definition) is 2. The fraction of sp³-hybridized carbons (Fsp3) is 0.118. The van der Waals surface area contributed by atoms with Crippen LogP contribution in [0.3, 0.4) is 0 Å². The van der Waals surface area contributed by atoms with Crippen LogP contribution in [-0.2, 0) is 0 Å². The van der Waals surface area contributed by atoms with E-state index in [9.17, 15) is 4.79 Å². The first-order chi connectivity index (χ1) is 9.60. The zero-order valence-corrected chi connectivity index (χ0v) is 11.1. The van der Waals surface area contributed by atoms with Crippen molar-refractivity contribution in [2.45, 2.75) is 13.0 Å². The molecule has 0 radical (unpaired) electrons. The summed E-state index contributed by atoms with van der Waals surface area (Å²) in [4.78, 5) is 10.8. The molecule has 0 bridgehead atoms. The molecular weight excluding hydrogens is 250 g/mol. The molecule has 1 unspecified atom stereocenters. The van der Waals surface area contributed by atoms with Gasteiger partial charge in [-0.1, -0.05) is 35.7 Å². The SMILES string of the molecule is C#CC(Nc1ccc(C(=O)O)cc1)c1cccc(C)c1. The molecule has 0 saturated heterocycles. The molecular formula is C17H15NO2. The number of carbonyl (C=O) groups is 1. The first-order valence-electron chi connectivity index (χ1n) is 6.23. The van der Waals surface area contributed by atoms with E-state index in [1.807, 2.05) is 31.2 Å². The van der Waals surface area contributed by atoms with E-state index < -0.39 is 5.97 Å². The molecule has 0 aromatic heterocycles. The Labute approximate surface area is 118 Å². The van der Waals surface area contributed by atoms with Crippen molar-refractivity contribution in [3.8, 4) is 12.3 Å². The number of rotatable bonds is 4. The second-order valence-electron chi connectivity index (χ2n) is 4.54. The van der Waals surface area contributed by atoms with E-state index in [2.05, 4.69) is 11.2 Å². The van der Waals surface area contributed by atoms with Crippen LogP contribution in [0.2, 0.25) is 0 Å².